The lowest BCUT2D eigenvalue weighted by Gasteiger charge is -2.19. The molecule has 0 fully saturated rings. The minimum absolute atomic E-state index is 0. The van der Waals surface area contributed by atoms with E-state index >= 15 is 0 Å². The standard InChI is InChI=1S/C25H23Cl2N2O3.ClH/c1-28(2)14-6-8-16-22(10-14)32-23-11-15(29(3)4)7-9-17(23)24(16)18-12-20(26)21(27)13-19(18)25(30)31-5;/h6-13H,1-5H3;1H/q+1;/p-1. The summed E-state index contributed by atoms with van der Waals surface area (Å²) in [5.74, 6) is 0.201. The van der Waals surface area contributed by atoms with Crippen molar-refractivity contribution in [2.75, 3.05) is 40.2 Å². The molecule has 1 aliphatic heterocycles. The normalized spacial score (nSPS) is 10.8. The van der Waals surface area contributed by atoms with Gasteiger partial charge in [-0.15, -0.1) is 0 Å². The van der Waals surface area contributed by atoms with E-state index in [0.29, 0.717) is 27.5 Å². The molecule has 0 saturated carbocycles. The second-order valence-electron chi connectivity index (χ2n) is 7.93. The molecule has 0 radical (unpaired) electrons. The quantitative estimate of drug-likeness (QED) is 0.244. The molecular weight excluding hydrogens is 483 g/mol. The number of fused-ring (bicyclic) bond motifs is 2. The zero-order chi connectivity index (χ0) is 23.2. The highest BCUT2D eigenvalue weighted by atomic mass is 35.5. The number of esters is 1. The fourth-order valence-electron chi connectivity index (χ4n) is 3.75. The molecule has 4 rings (SSSR count). The average molecular weight is 506 g/mol. The van der Waals surface area contributed by atoms with Crippen molar-refractivity contribution in [1.82, 2.24) is 4.58 Å². The highest BCUT2D eigenvalue weighted by molar-refractivity contribution is 6.42. The number of rotatable bonds is 3. The predicted octanol–water partition coefficient (Wildman–Crippen LogP) is 2.40. The van der Waals surface area contributed by atoms with Crippen LogP contribution in [0.25, 0.3) is 33.4 Å². The number of anilines is 1. The molecule has 2 aromatic rings. The Morgan fingerprint density at radius 2 is 1.67 bits per heavy atom. The van der Waals surface area contributed by atoms with Crippen LogP contribution in [-0.2, 0) is 4.74 Å². The molecule has 2 aromatic carbocycles. The van der Waals surface area contributed by atoms with Gasteiger partial charge in [0.1, 0.15) is 25.4 Å². The Morgan fingerprint density at radius 3 is 2.30 bits per heavy atom. The summed E-state index contributed by atoms with van der Waals surface area (Å²) in [5, 5.41) is 2.49. The van der Waals surface area contributed by atoms with Crippen LogP contribution in [0.3, 0.4) is 0 Å². The van der Waals surface area contributed by atoms with Gasteiger partial charge in [0.2, 0.25) is 5.36 Å². The maximum Gasteiger partial charge on any atom is 0.338 e. The zero-order valence-electron chi connectivity index (χ0n) is 18.9. The fraction of sp³-hybridized carbons (Fsp3) is 0.200. The van der Waals surface area contributed by atoms with Gasteiger partial charge in [0.05, 0.1) is 28.8 Å². The Hall–Kier alpha value is -2.73. The van der Waals surface area contributed by atoms with E-state index in [1.165, 1.54) is 7.11 Å². The minimum Gasteiger partial charge on any atom is -1.00 e. The van der Waals surface area contributed by atoms with Gasteiger partial charge in [-0.2, -0.15) is 0 Å². The minimum atomic E-state index is -0.490. The Morgan fingerprint density at radius 1 is 0.970 bits per heavy atom. The molecule has 33 heavy (non-hydrogen) atoms. The van der Waals surface area contributed by atoms with Crippen molar-refractivity contribution in [1.29, 1.82) is 0 Å². The summed E-state index contributed by atoms with van der Waals surface area (Å²) in [6.45, 7) is 0. The predicted molar refractivity (Wildman–Crippen MR) is 131 cm³/mol. The fourth-order valence-corrected chi connectivity index (χ4v) is 4.07. The Kier molecular flexibility index (Phi) is 7.27. The number of ether oxygens (including phenoxy) is 1. The van der Waals surface area contributed by atoms with E-state index in [-0.39, 0.29) is 17.4 Å². The third-order valence-electron chi connectivity index (χ3n) is 5.46. The summed E-state index contributed by atoms with van der Waals surface area (Å²) >= 11 is 12.7. The number of nitrogens with zero attached hydrogens (tertiary/aromatic N) is 2. The topological polar surface area (TPSA) is 45.7 Å². The number of methoxy groups -OCH3 is 1. The van der Waals surface area contributed by atoms with Gasteiger partial charge in [-0.25, -0.2) is 9.37 Å². The SMILES string of the molecule is COC(=O)c1cc(Cl)c(Cl)cc1-c1c2ccc(=[N+](C)C)cc-2oc2cc(N(C)C)ccc12.[Cl-]. The lowest BCUT2D eigenvalue weighted by molar-refractivity contribution is -0.0000214. The molecule has 1 aliphatic carbocycles. The molecule has 0 spiro atoms. The molecule has 0 bridgehead atoms. The first-order valence-corrected chi connectivity index (χ1v) is 10.7. The van der Waals surface area contributed by atoms with Crippen molar-refractivity contribution in [2.24, 2.45) is 0 Å². The van der Waals surface area contributed by atoms with E-state index in [1.807, 2.05) is 74.1 Å². The maximum atomic E-state index is 12.7. The summed E-state index contributed by atoms with van der Waals surface area (Å²) < 4.78 is 13.4. The van der Waals surface area contributed by atoms with E-state index in [1.54, 1.807) is 12.1 Å². The molecule has 0 amide bonds. The van der Waals surface area contributed by atoms with Crippen LogP contribution in [0.1, 0.15) is 10.4 Å². The molecule has 0 saturated heterocycles. The van der Waals surface area contributed by atoms with Gasteiger partial charge < -0.3 is 26.5 Å². The average Bonchev–Trinajstić information content (AvgIpc) is 2.77. The zero-order valence-corrected chi connectivity index (χ0v) is 21.1. The molecule has 0 atom stereocenters. The van der Waals surface area contributed by atoms with Gasteiger partial charge in [0, 0.05) is 48.4 Å². The summed E-state index contributed by atoms with van der Waals surface area (Å²) in [7, 11) is 9.24. The lowest BCUT2D eigenvalue weighted by atomic mass is 9.90. The van der Waals surface area contributed by atoms with Crippen molar-refractivity contribution in [3.63, 3.8) is 0 Å². The third kappa shape index (κ3) is 4.54. The first-order valence-electron chi connectivity index (χ1n) is 9.97. The van der Waals surface area contributed by atoms with E-state index in [0.717, 1.165) is 27.6 Å². The molecule has 172 valence electrons. The van der Waals surface area contributed by atoms with Crippen LogP contribution in [0.5, 0.6) is 0 Å². The van der Waals surface area contributed by atoms with Crippen molar-refractivity contribution in [2.45, 2.75) is 0 Å². The molecule has 1 heterocycles. The Labute approximate surface area is 208 Å². The van der Waals surface area contributed by atoms with Gasteiger partial charge >= 0.3 is 5.97 Å². The first kappa shape index (κ1) is 24.9. The molecule has 2 aliphatic rings. The van der Waals surface area contributed by atoms with Crippen LogP contribution >= 0.6 is 23.2 Å². The lowest BCUT2D eigenvalue weighted by Crippen LogP contribution is -3.00. The third-order valence-corrected chi connectivity index (χ3v) is 6.18. The highest BCUT2D eigenvalue weighted by Gasteiger charge is 2.24. The summed E-state index contributed by atoms with van der Waals surface area (Å²) in [6.07, 6.45) is 0. The molecule has 0 aromatic heterocycles. The number of benzene rings is 3. The van der Waals surface area contributed by atoms with Gasteiger partial charge in [-0.05, 0) is 35.9 Å². The highest BCUT2D eigenvalue weighted by Crippen LogP contribution is 2.43. The molecule has 5 nitrogen and oxygen atoms in total. The van der Waals surface area contributed by atoms with Crippen LogP contribution in [0.4, 0.5) is 5.69 Å². The monoisotopic (exact) mass is 504 g/mol. The van der Waals surface area contributed by atoms with Crippen LogP contribution in [0.15, 0.2) is 52.9 Å². The van der Waals surface area contributed by atoms with Crippen molar-refractivity contribution >= 4 is 45.8 Å². The van der Waals surface area contributed by atoms with Gasteiger partial charge in [0.25, 0.3) is 0 Å². The number of halogens is 3. The maximum absolute atomic E-state index is 12.7. The van der Waals surface area contributed by atoms with Crippen LogP contribution in [0, 0.1) is 0 Å². The summed E-state index contributed by atoms with van der Waals surface area (Å²) in [6, 6.07) is 15.2. The van der Waals surface area contributed by atoms with E-state index in [4.69, 9.17) is 32.4 Å². The van der Waals surface area contributed by atoms with Gasteiger partial charge in [-0.1, -0.05) is 23.2 Å². The van der Waals surface area contributed by atoms with Crippen molar-refractivity contribution in [3.05, 3.63) is 69.5 Å². The second kappa shape index (κ2) is 9.64. The summed E-state index contributed by atoms with van der Waals surface area (Å²) in [5.41, 5.74) is 4.34. The van der Waals surface area contributed by atoms with Crippen LogP contribution in [-0.4, -0.2) is 41.3 Å². The van der Waals surface area contributed by atoms with Crippen LogP contribution in [0.2, 0.25) is 10.0 Å². The number of carbonyl (C=O) groups excluding carboxylic acids is 1. The smallest absolute Gasteiger partial charge is 0.338 e. The second-order valence-corrected chi connectivity index (χ2v) is 8.74. The van der Waals surface area contributed by atoms with E-state index < -0.39 is 5.97 Å². The molecule has 0 N–H and O–H groups in total. The summed E-state index contributed by atoms with van der Waals surface area (Å²) in [4.78, 5) is 14.7. The molecule has 8 heteroatoms. The number of hydrogen-bond donors (Lipinski definition) is 0. The largest absolute Gasteiger partial charge is 1.00 e. The van der Waals surface area contributed by atoms with E-state index in [9.17, 15) is 4.79 Å². The van der Waals surface area contributed by atoms with E-state index in [2.05, 4.69) is 0 Å². The van der Waals surface area contributed by atoms with Gasteiger partial charge in [0.15, 0.2) is 0 Å². The molecular formula is C25H23Cl3N2O3. The first-order chi connectivity index (χ1) is 15.2. The van der Waals surface area contributed by atoms with Crippen LogP contribution < -0.4 is 27.2 Å². The van der Waals surface area contributed by atoms with Gasteiger partial charge in [-0.3, -0.25) is 0 Å². The Balaban J connectivity index is 0.00000306. The van der Waals surface area contributed by atoms with Crippen molar-refractivity contribution in [3.8, 4) is 22.5 Å². The Bertz CT molecular complexity index is 1410. The number of carbonyl (C=O) groups is 1. The molecule has 0 unspecified atom stereocenters. The number of hydrogen-bond acceptors (Lipinski definition) is 4. The van der Waals surface area contributed by atoms with Crippen molar-refractivity contribution < 1.29 is 26.4 Å².